The van der Waals surface area contributed by atoms with Gasteiger partial charge in [0, 0.05) is 43.7 Å². The molecule has 70 heavy (non-hydrogen) atoms. The summed E-state index contributed by atoms with van der Waals surface area (Å²) in [6, 6.07) is 63.6. The second-order valence-electron chi connectivity index (χ2n) is 20.6. The first-order valence-corrected chi connectivity index (χ1v) is 25.9. The Labute approximate surface area is 409 Å². The molecule has 0 saturated heterocycles. The first-order valence-electron chi connectivity index (χ1n) is 25.9. The fourth-order valence-corrected chi connectivity index (χ4v) is 13.0. The van der Waals surface area contributed by atoms with Crippen molar-refractivity contribution in [2.24, 2.45) is 0 Å². The third kappa shape index (κ3) is 6.56. The summed E-state index contributed by atoms with van der Waals surface area (Å²) in [6.07, 6.45) is 12.5. The number of anilines is 6. The summed E-state index contributed by atoms with van der Waals surface area (Å²) in [5.41, 5.74) is 15.8. The molecule has 2 fully saturated rings. The fraction of sp³-hybridized carbons (Fsp3) is 0.212. The van der Waals surface area contributed by atoms with Gasteiger partial charge in [-0.1, -0.05) is 148 Å². The van der Waals surface area contributed by atoms with E-state index >= 15 is 0 Å². The number of aryl methyl sites for hydroxylation is 2. The van der Waals surface area contributed by atoms with E-state index in [1.807, 2.05) is 0 Å². The number of rotatable bonds is 8. The molecule has 2 saturated carbocycles. The molecule has 10 aromatic carbocycles. The fourth-order valence-electron chi connectivity index (χ4n) is 13.0. The van der Waals surface area contributed by atoms with Crippen LogP contribution in [0.2, 0.25) is 0 Å². The van der Waals surface area contributed by atoms with Crippen LogP contribution in [0.15, 0.2) is 179 Å². The first-order chi connectivity index (χ1) is 34.6. The van der Waals surface area contributed by atoms with Gasteiger partial charge in [0.1, 0.15) is 11.2 Å². The largest absolute Gasteiger partial charge is 0.454 e. The molecule has 0 unspecified atom stereocenters. The maximum atomic E-state index is 6.92. The molecule has 0 N–H and O–H groups in total. The Morgan fingerprint density at radius 1 is 0.343 bits per heavy atom. The van der Waals surface area contributed by atoms with Crippen molar-refractivity contribution < 1.29 is 8.83 Å². The monoisotopic (exact) mass is 908 g/mol. The zero-order valence-corrected chi connectivity index (χ0v) is 40.1. The van der Waals surface area contributed by atoms with Gasteiger partial charge >= 0.3 is 0 Å². The summed E-state index contributed by atoms with van der Waals surface area (Å²) in [4.78, 5) is 5.06. The van der Waals surface area contributed by atoms with Crippen LogP contribution < -0.4 is 9.80 Å². The smallest absolute Gasteiger partial charge is 0.159 e. The Balaban J connectivity index is 1.12. The van der Waals surface area contributed by atoms with Crippen molar-refractivity contribution in [2.45, 2.75) is 89.9 Å². The van der Waals surface area contributed by atoms with Gasteiger partial charge in [-0.15, -0.1) is 0 Å². The zero-order valence-electron chi connectivity index (χ0n) is 40.1. The van der Waals surface area contributed by atoms with Crippen LogP contribution in [0.3, 0.4) is 0 Å². The van der Waals surface area contributed by atoms with Crippen LogP contribution in [0.5, 0.6) is 0 Å². The second kappa shape index (κ2) is 16.6. The lowest BCUT2D eigenvalue weighted by atomic mass is 9.77. The summed E-state index contributed by atoms with van der Waals surface area (Å²) in [5.74, 6) is 0.926. The predicted molar refractivity (Wildman–Crippen MR) is 295 cm³/mol. The topological polar surface area (TPSA) is 32.8 Å². The first kappa shape index (κ1) is 41.4. The van der Waals surface area contributed by atoms with Crippen LogP contribution in [0.1, 0.15) is 98.3 Å². The van der Waals surface area contributed by atoms with E-state index in [1.54, 1.807) is 0 Å². The highest BCUT2D eigenvalue weighted by Gasteiger charge is 2.31. The highest BCUT2D eigenvalue weighted by Crippen LogP contribution is 2.54. The second-order valence-corrected chi connectivity index (χ2v) is 20.6. The van der Waals surface area contributed by atoms with Crippen LogP contribution in [0, 0.1) is 13.8 Å². The van der Waals surface area contributed by atoms with Crippen LogP contribution >= 0.6 is 0 Å². The average molecular weight is 909 g/mol. The van der Waals surface area contributed by atoms with Crippen LogP contribution in [-0.2, 0) is 0 Å². The minimum atomic E-state index is 0.463. The molecule has 14 rings (SSSR count). The molecule has 0 atom stereocenters. The molecule has 2 aliphatic carbocycles. The molecule has 342 valence electrons. The number of nitrogens with zero attached hydrogens (tertiary/aromatic N) is 2. The van der Waals surface area contributed by atoms with E-state index < -0.39 is 0 Å². The molecule has 2 aromatic heterocycles. The standard InChI is InChI=1S/C66H56N2O2/c1-41-17-13-23-45(37-41)67(57-29-15-27-51-47-25-9-11-31-61(47)69-65(51)57)59-39-55(43-19-5-3-6-20-43)49-34-36-54-60(40-56(44-21-7-4-8-22-44)50-33-35-53(59)63(49)64(50)54)68(46-24-14-18-42(2)38-46)58-30-16-28-52-48-26-10-12-32-62(48)70-66(52)58/h9-18,23-40,43-44H,3-8,19-22H2,1-2H3. The number of fused-ring (bicyclic) bond motifs is 6. The molecular formula is C66H56N2O2. The number of para-hydroxylation sites is 4. The van der Waals surface area contributed by atoms with Crippen molar-refractivity contribution in [3.8, 4) is 0 Å². The van der Waals surface area contributed by atoms with Crippen LogP contribution in [0.4, 0.5) is 34.1 Å². The van der Waals surface area contributed by atoms with Crippen molar-refractivity contribution in [2.75, 3.05) is 9.80 Å². The van der Waals surface area contributed by atoms with E-state index in [0.717, 1.165) is 66.6 Å². The summed E-state index contributed by atoms with van der Waals surface area (Å²) in [6.45, 7) is 4.42. The lowest BCUT2D eigenvalue weighted by Gasteiger charge is -2.33. The molecule has 12 aromatic rings. The number of hydrogen-bond acceptors (Lipinski definition) is 4. The molecule has 0 aliphatic heterocycles. The maximum absolute atomic E-state index is 6.92. The Morgan fingerprint density at radius 2 is 0.743 bits per heavy atom. The number of furan rings is 2. The Hall–Kier alpha value is -7.56. The highest BCUT2D eigenvalue weighted by molar-refractivity contribution is 6.30. The lowest BCUT2D eigenvalue weighted by Crippen LogP contribution is -2.15. The predicted octanol–water partition coefficient (Wildman–Crippen LogP) is 20.0. The van der Waals surface area contributed by atoms with E-state index in [-0.39, 0.29) is 0 Å². The Morgan fingerprint density at radius 3 is 1.19 bits per heavy atom. The number of hydrogen-bond donors (Lipinski definition) is 0. The molecule has 2 heterocycles. The molecule has 0 bridgehead atoms. The molecular weight excluding hydrogens is 853 g/mol. The molecule has 0 amide bonds. The van der Waals surface area contributed by atoms with E-state index in [0.29, 0.717) is 11.8 Å². The van der Waals surface area contributed by atoms with Gasteiger partial charge in [-0.3, -0.25) is 0 Å². The highest BCUT2D eigenvalue weighted by atomic mass is 16.3. The summed E-state index contributed by atoms with van der Waals surface area (Å²) in [5, 5.41) is 12.6. The molecule has 0 radical (unpaired) electrons. The molecule has 0 spiro atoms. The van der Waals surface area contributed by atoms with E-state index in [4.69, 9.17) is 8.83 Å². The molecule has 4 heteroatoms. The van der Waals surface area contributed by atoms with Crippen LogP contribution in [-0.4, -0.2) is 0 Å². The van der Waals surface area contributed by atoms with Gasteiger partial charge in [-0.2, -0.15) is 0 Å². The van der Waals surface area contributed by atoms with Crippen molar-refractivity contribution in [1.82, 2.24) is 0 Å². The van der Waals surface area contributed by atoms with Crippen molar-refractivity contribution in [3.05, 3.63) is 192 Å². The number of benzene rings is 10. The van der Waals surface area contributed by atoms with Crippen LogP contribution in [0.25, 0.3) is 76.2 Å². The zero-order chi connectivity index (χ0) is 46.5. The van der Waals surface area contributed by atoms with Gasteiger partial charge in [-0.25, -0.2) is 0 Å². The van der Waals surface area contributed by atoms with E-state index in [1.165, 1.54) is 130 Å². The molecule has 2 aliphatic rings. The van der Waals surface area contributed by atoms with E-state index in [2.05, 4.69) is 194 Å². The minimum absolute atomic E-state index is 0.463. The Bertz CT molecular complexity index is 3710. The molecule has 4 nitrogen and oxygen atoms in total. The SMILES string of the molecule is Cc1cccc(N(c2cc(C3CCCCC3)c3ccc4c(N(c5cccc(C)c5)c5cccc6c5oc5ccccc56)cc(C5CCCCC5)c5ccc2c3c54)c2cccc3c2oc2ccccc23)c1. The maximum Gasteiger partial charge on any atom is 0.159 e. The van der Waals surface area contributed by atoms with E-state index in [9.17, 15) is 0 Å². The van der Waals surface area contributed by atoms with Gasteiger partial charge in [0.15, 0.2) is 11.2 Å². The third-order valence-electron chi connectivity index (χ3n) is 16.3. The normalized spacial score (nSPS) is 15.2. The Kier molecular flexibility index (Phi) is 9.79. The van der Waals surface area contributed by atoms with Gasteiger partial charge in [0.2, 0.25) is 0 Å². The van der Waals surface area contributed by atoms with Crippen molar-refractivity contribution in [1.29, 1.82) is 0 Å². The lowest BCUT2D eigenvalue weighted by molar-refractivity contribution is 0.445. The average Bonchev–Trinajstić information content (AvgIpc) is 3.99. The van der Waals surface area contributed by atoms with Gasteiger partial charge in [0.25, 0.3) is 0 Å². The van der Waals surface area contributed by atoms with Gasteiger partial charge in [0.05, 0.1) is 22.7 Å². The summed E-state index contributed by atoms with van der Waals surface area (Å²) in [7, 11) is 0. The summed E-state index contributed by atoms with van der Waals surface area (Å²) >= 11 is 0. The quantitative estimate of drug-likeness (QED) is 0.142. The minimum Gasteiger partial charge on any atom is -0.454 e. The van der Waals surface area contributed by atoms with Crippen molar-refractivity contribution in [3.63, 3.8) is 0 Å². The van der Waals surface area contributed by atoms with Crippen molar-refractivity contribution >= 4 is 110 Å². The third-order valence-corrected chi connectivity index (χ3v) is 16.3. The van der Waals surface area contributed by atoms with Gasteiger partial charge in [-0.05, 0) is 156 Å². The summed E-state index contributed by atoms with van der Waals surface area (Å²) < 4.78 is 13.8. The van der Waals surface area contributed by atoms with Gasteiger partial charge < -0.3 is 18.6 Å².